The molecular formula is C24H23N8O6S4+. The number of carboxylic acids is 1. The lowest BCUT2D eigenvalue weighted by atomic mass is 10.0. The van der Waals surface area contributed by atoms with E-state index in [0.29, 0.717) is 15.0 Å². The molecule has 18 heteroatoms. The van der Waals surface area contributed by atoms with E-state index in [1.807, 2.05) is 41.5 Å². The Kier molecular flexibility index (Phi) is 8.85. The van der Waals surface area contributed by atoms with Gasteiger partial charge in [0.2, 0.25) is 22.6 Å². The number of thiazole rings is 1. The molecule has 0 radical (unpaired) electrons. The Bertz CT molecular complexity index is 1620. The van der Waals surface area contributed by atoms with E-state index in [1.54, 1.807) is 6.92 Å². The lowest BCUT2D eigenvalue weighted by Crippen LogP contribution is -2.71. The van der Waals surface area contributed by atoms with E-state index in [1.165, 1.54) is 46.7 Å². The summed E-state index contributed by atoms with van der Waals surface area (Å²) >= 11 is 4.78. The van der Waals surface area contributed by atoms with Crippen LogP contribution in [0.2, 0.25) is 0 Å². The van der Waals surface area contributed by atoms with Crippen molar-refractivity contribution in [3.05, 3.63) is 46.3 Å². The number of amides is 3. The Morgan fingerprint density at radius 3 is 2.74 bits per heavy atom. The first kappa shape index (κ1) is 29.6. The number of hydrogen-bond donors (Lipinski definition) is 3. The topological polar surface area (TPSA) is 180 Å². The lowest BCUT2D eigenvalue weighted by Gasteiger charge is -2.49. The van der Waals surface area contributed by atoms with E-state index < -0.39 is 29.2 Å². The highest BCUT2D eigenvalue weighted by atomic mass is 32.2. The molecule has 3 amide bonds. The van der Waals surface area contributed by atoms with Crippen molar-refractivity contribution in [2.45, 2.75) is 29.6 Å². The third kappa shape index (κ3) is 6.15. The molecule has 1 saturated heterocycles. The fraction of sp³-hybridized carbons (Fsp3) is 0.292. The molecule has 218 valence electrons. The van der Waals surface area contributed by atoms with Gasteiger partial charge in [-0.3, -0.25) is 19.3 Å². The van der Waals surface area contributed by atoms with Crippen LogP contribution in [0.3, 0.4) is 0 Å². The number of β-lactam (4-membered cyclic amide) rings is 1. The number of anilines is 1. The van der Waals surface area contributed by atoms with Crippen LogP contribution in [0.25, 0.3) is 11.3 Å². The maximum atomic E-state index is 13.2. The van der Waals surface area contributed by atoms with Crippen molar-refractivity contribution in [2.24, 2.45) is 12.2 Å². The van der Waals surface area contributed by atoms with Gasteiger partial charge < -0.3 is 20.6 Å². The van der Waals surface area contributed by atoms with Crippen molar-refractivity contribution in [1.82, 2.24) is 24.6 Å². The molecule has 5 heterocycles. The molecule has 0 aliphatic carbocycles. The summed E-state index contributed by atoms with van der Waals surface area (Å²) in [6, 6.07) is 2.88. The molecule has 0 aromatic carbocycles. The minimum absolute atomic E-state index is 0.0911. The molecule has 14 nitrogen and oxygen atoms in total. The highest BCUT2D eigenvalue weighted by molar-refractivity contribution is 8.07. The highest BCUT2D eigenvalue weighted by Gasteiger charge is 2.54. The van der Waals surface area contributed by atoms with Gasteiger partial charge >= 0.3 is 5.97 Å². The zero-order chi connectivity index (χ0) is 30.0. The Labute approximate surface area is 255 Å². The predicted molar refractivity (Wildman–Crippen MR) is 157 cm³/mol. The molecule has 3 aromatic rings. The molecule has 3 N–H and O–H groups in total. The number of aliphatic carboxylic acids is 1. The van der Waals surface area contributed by atoms with Gasteiger partial charge in [0.25, 0.3) is 11.8 Å². The number of nitrogens with zero attached hydrogens (tertiary/aromatic N) is 6. The second kappa shape index (κ2) is 12.6. The van der Waals surface area contributed by atoms with Crippen LogP contribution >= 0.6 is 46.4 Å². The summed E-state index contributed by atoms with van der Waals surface area (Å²) in [5.74, 6) is -2.75. The first-order valence-electron chi connectivity index (χ1n) is 12.3. The number of fused-ring (bicyclic) bond motifs is 1. The summed E-state index contributed by atoms with van der Waals surface area (Å²) in [5, 5.41) is 20.4. The fourth-order valence-corrected chi connectivity index (χ4v) is 8.01. The summed E-state index contributed by atoms with van der Waals surface area (Å²) in [5.41, 5.74) is 1.29. The minimum atomic E-state index is -1.25. The van der Waals surface area contributed by atoms with Gasteiger partial charge in [-0.25, -0.2) is 14.3 Å². The van der Waals surface area contributed by atoms with Crippen LogP contribution in [0, 0.1) is 0 Å². The third-order valence-corrected chi connectivity index (χ3v) is 9.93. The minimum Gasteiger partial charge on any atom is -0.477 e. The number of oxime groups is 1. The molecular weight excluding hydrogens is 625 g/mol. The van der Waals surface area contributed by atoms with Crippen molar-refractivity contribution >= 4 is 80.9 Å². The number of aryl methyl sites for hydroxylation is 1. The summed E-state index contributed by atoms with van der Waals surface area (Å²) < 4.78 is 6.62. The van der Waals surface area contributed by atoms with E-state index >= 15 is 0 Å². The van der Waals surface area contributed by atoms with Crippen molar-refractivity contribution in [3.8, 4) is 11.3 Å². The van der Waals surface area contributed by atoms with Gasteiger partial charge in [0, 0.05) is 52.2 Å². The molecule has 0 bridgehead atoms. The average molecular weight is 648 g/mol. The zero-order valence-corrected chi connectivity index (χ0v) is 25.5. The van der Waals surface area contributed by atoms with E-state index in [4.69, 9.17) is 4.84 Å². The molecule has 1 fully saturated rings. The van der Waals surface area contributed by atoms with Gasteiger partial charge in [-0.2, -0.15) is 9.36 Å². The fourth-order valence-electron chi connectivity index (χ4n) is 3.93. The summed E-state index contributed by atoms with van der Waals surface area (Å²) in [6.07, 6.45) is 3.83. The Morgan fingerprint density at radius 2 is 2.05 bits per heavy atom. The Hall–Kier alpha value is -3.87. The number of thioether (sulfide) groups is 2. The number of aromatic nitrogens is 4. The molecule has 2 aliphatic heterocycles. The van der Waals surface area contributed by atoms with Crippen LogP contribution < -0.4 is 15.2 Å². The van der Waals surface area contributed by atoms with E-state index in [2.05, 4.69) is 30.1 Å². The number of pyridine rings is 1. The molecule has 0 saturated carbocycles. The van der Waals surface area contributed by atoms with Crippen molar-refractivity contribution in [2.75, 3.05) is 17.7 Å². The maximum absolute atomic E-state index is 13.2. The summed E-state index contributed by atoms with van der Waals surface area (Å²) in [7, 11) is 1.92. The number of nitrogens with one attached hydrogen (secondary N) is 2. The second-order valence-electron chi connectivity index (χ2n) is 8.75. The Morgan fingerprint density at radius 1 is 1.29 bits per heavy atom. The van der Waals surface area contributed by atoms with Gasteiger partial charge in [0.05, 0.1) is 5.69 Å². The Balaban J connectivity index is 1.31. The van der Waals surface area contributed by atoms with Crippen LogP contribution in [0.4, 0.5) is 5.13 Å². The van der Waals surface area contributed by atoms with Gasteiger partial charge in [-0.1, -0.05) is 16.9 Å². The molecule has 0 spiro atoms. The lowest BCUT2D eigenvalue weighted by molar-refractivity contribution is -0.671. The number of carboxylic acid groups (broad SMARTS) is 1. The standard InChI is InChI=1S/C24H22N8O6S4/c1-4-38-29-15(18-28-23(42-30-18)25-11(2)33)19(34)27-16-20(35)32-17(22(36)37)14(10-39-21(16)32)41-24-26-13(9-40-24)12-5-7-31(3)8-6-12/h5-9,16,21H,4,10H2,1-3H3,(H2-,25,27,28,30,33,34,36,37)/p+1/b29-15-. The van der Waals surface area contributed by atoms with E-state index in [9.17, 15) is 24.3 Å². The van der Waals surface area contributed by atoms with E-state index in [0.717, 1.165) is 22.8 Å². The molecule has 42 heavy (non-hydrogen) atoms. The van der Waals surface area contributed by atoms with Gasteiger partial charge in [-0.05, 0) is 6.92 Å². The second-order valence-corrected chi connectivity index (χ2v) is 12.8. The monoisotopic (exact) mass is 647 g/mol. The normalized spacial score (nSPS) is 18.3. The van der Waals surface area contributed by atoms with E-state index in [-0.39, 0.29) is 34.9 Å². The first-order chi connectivity index (χ1) is 20.2. The maximum Gasteiger partial charge on any atom is 0.353 e. The smallest absolute Gasteiger partial charge is 0.353 e. The van der Waals surface area contributed by atoms with Crippen LogP contribution in [0.5, 0.6) is 0 Å². The van der Waals surface area contributed by atoms with Crippen LogP contribution in [0.1, 0.15) is 19.7 Å². The largest absolute Gasteiger partial charge is 0.477 e. The van der Waals surface area contributed by atoms with Crippen LogP contribution in [-0.2, 0) is 31.1 Å². The van der Waals surface area contributed by atoms with Crippen molar-refractivity contribution < 1.29 is 33.7 Å². The van der Waals surface area contributed by atoms with Crippen molar-refractivity contribution in [1.29, 1.82) is 0 Å². The van der Waals surface area contributed by atoms with Gasteiger partial charge in [0.15, 0.2) is 16.7 Å². The number of carbonyl (C=O) groups is 4. The van der Waals surface area contributed by atoms with Gasteiger partial charge in [-0.15, -0.1) is 23.1 Å². The highest BCUT2D eigenvalue weighted by Crippen LogP contribution is 2.46. The van der Waals surface area contributed by atoms with Gasteiger partial charge in [0.1, 0.15) is 30.8 Å². The van der Waals surface area contributed by atoms with Crippen LogP contribution in [0.15, 0.2) is 50.0 Å². The molecule has 2 aliphatic rings. The average Bonchev–Trinajstić information content (AvgIpc) is 3.61. The molecule has 2 unspecified atom stereocenters. The third-order valence-electron chi connectivity index (χ3n) is 5.81. The number of carbonyl (C=O) groups excluding carboxylic acids is 3. The first-order valence-corrected chi connectivity index (χ1v) is 15.8. The quantitative estimate of drug-likeness (QED) is 0.126. The SMILES string of the molecule is CCO/N=C(\C(=O)NC1C(=O)N2C(C(=O)O)=C(Sc3nc(-c4cc[n+](C)cc4)cs3)CSC12)c1nsc(NC(C)=O)n1. The number of hydrogen-bond acceptors (Lipinski definition) is 13. The van der Waals surface area contributed by atoms with Crippen molar-refractivity contribution in [3.63, 3.8) is 0 Å². The summed E-state index contributed by atoms with van der Waals surface area (Å²) in [6.45, 7) is 3.14. The number of rotatable bonds is 10. The molecule has 2 atom stereocenters. The summed E-state index contributed by atoms with van der Waals surface area (Å²) in [4.78, 5) is 65.4. The molecule has 5 rings (SSSR count). The predicted octanol–water partition coefficient (Wildman–Crippen LogP) is 1.67. The zero-order valence-electron chi connectivity index (χ0n) is 22.3. The molecule has 3 aromatic heterocycles. The van der Waals surface area contributed by atoms with Crippen LogP contribution in [-0.4, -0.2) is 77.5 Å².